The molecule has 1 aliphatic heterocycles. The Hall–Kier alpha value is -1.98. The molecule has 0 saturated carbocycles. The number of hydrogen-bond donors (Lipinski definition) is 0. The Labute approximate surface area is 136 Å². The van der Waals surface area contributed by atoms with Crippen molar-refractivity contribution in [1.29, 1.82) is 0 Å². The van der Waals surface area contributed by atoms with E-state index < -0.39 is 10.0 Å². The van der Waals surface area contributed by atoms with E-state index in [2.05, 4.69) is 0 Å². The van der Waals surface area contributed by atoms with Gasteiger partial charge in [0.05, 0.1) is 4.90 Å². The van der Waals surface area contributed by atoms with Crippen molar-refractivity contribution in [2.24, 2.45) is 5.92 Å². The predicted molar refractivity (Wildman–Crippen MR) is 88.8 cm³/mol. The van der Waals surface area contributed by atoms with E-state index in [9.17, 15) is 13.2 Å². The fourth-order valence-corrected chi connectivity index (χ4v) is 4.38. The smallest absolute Gasteiger partial charge is 0.243 e. The van der Waals surface area contributed by atoms with Crippen LogP contribution in [0.25, 0.3) is 0 Å². The molecule has 0 aromatic heterocycles. The molecule has 120 valence electrons. The van der Waals surface area contributed by atoms with Crippen LogP contribution < -0.4 is 0 Å². The normalized spacial score (nSPS) is 18.9. The van der Waals surface area contributed by atoms with Crippen LogP contribution >= 0.6 is 0 Å². The van der Waals surface area contributed by atoms with E-state index in [1.54, 1.807) is 30.3 Å². The van der Waals surface area contributed by atoms with Gasteiger partial charge in [-0.05, 0) is 25.5 Å². The lowest BCUT2D eigenvalue weighted by Gasteiger charge is -2.16. The van der Waals surface area contributed by atoms with E-state index in [0.717, 1.165) is 5.56 Å². The maximum absolute atomic E-state index is 12.6. The summed E-state index contributed by atoms with van der Waals surface area (Å²) < 4.78 is 26.6. The number of benzene rings is 2. The molecule has 0 N–H and O–H groups in total. The number of Topliss-reactive ketones (excluding diaryl/α,β-unsaturated/α-hetero) is 1. The van der Waals surface area contributed by atoms with Crippen molar-refractivity contribution in [2.45, 2.75) is 18.2 Å². The lowest BCUT2D eigenvalue weighted by atomic mass is 9.96. The fraction of sp³-hybridized carbons (Fsp3) is 0.278. The first-order chi connectivity index (χ1) is 11.0. The summed E-state index contributed by atoms with van der Waals surface area (Å²) in [5.41, 5.74) is 1.75. The van der Waals surface area contributed by atoms with Crippen molar-refractivity contribution in [2.75, 3.05) is 13.1 Å². The third-order valence-electron chi connectivity index (χ3n) is 4.24. The van der Waals surface area contributed by atoms with Crippen molar-refractivity contribution in [3.8, 4) is 0 Å². The molecule has 0 aliphatic carbocycles. The van der Waals surface area contributed by atoms with Gasteiger partial charge in [-0.3, -0.25) is 4.79 Å². The molecule has 0 bridgehead atoms. The summed E-state index contributed by atoms with van der Waals surface area (Å²) in [4.78, 5) is 12.8. The number of carbonyl (C=O) groups excluding carboxylic acids is 1. The molecular formula is C18H19NO3S. The van der Waals surface area contributed by atoms with E-state index in [1.807, 2.05) is 31.2 Å². The monoisotopic (exact) mass is 329 g/mol. The lowest BCUT2D eigenvalue weighted by Crippen LogP contribution is -2.30. The minimum absolute atomic E-state index is 0.0239. The zero-order valence-electron chi connectivity index (χ0n) is 13.0. The molecule has 4 nitrogen and oxygen atoms in total. The fourth-order valence-electron chi connectivity index (χ4n) is 2.86. The molecule has 0 amide bonds. The molecule has 0 spiro atoms. The highest BCUT2D eigenvalue weighted by Crippen LogP contribution is 2.26. The summed E-state index contributed by atoms with van der Waals surface area (Å²) in [7, 11) is -3.51. The van der Waals surface area contributed by atoms with Gasteiger partial charge in [-0.2, -0.15) is 4.31 Å². The molecular weight excluding hydrogens is 310 g/mol. The second-order valence-electron chi connectivity index (χ2n) is 5.89. The Balaban J connectivity index is 1.76. The summed E-state index contributed by atoms with van der Waals surface area (Å²) >= 11 is 0. The minimum atomic E-state index is -3.51. The summed E-state index contributed by atoms with van der Waals surface area (Å²) in [5.74, 6) is -0.244. The van der Waals surface area contributed by atoms with Crippen LogP contribution in [0.5, 0.6) is 0 Å². The van der Waals surface area contributed by atoms with E-state index in [-0.39, 0.29) is 23.1 Å². The second kappa shape index (κ2) is 6.26. The second-order valence-corrected chi connectivity index (χ2v) is 7.83. The van der Waals surface area contributed by atoms with Crippen molar-refractivity contribution in [1.82, 2.24) is 4.31 Å². The van der Waals surface area contributed by atoms with Crippen LogP contribution in [0.15, 0.2) is 59.5 Å². The van der Waals surface area contributed by atoms with Gasteiger partial charge in [-0.15, -0.1) is 0 Å². The van der Waals surface area contributed by atoms with E-state index in [4.69, 9.17) is 0 Å². The molecule has 1 fully saturated rings. The van der Waals surface area contributed by atoms with Gasteiger partial charge >= 0.3 is 0 Å². The molecule has 2 aromatic carbocycles. The topological polar surface area (TPSA) is 54.5 Å². The average molecular weight is 329 g/mol. The Morgan fingerprint density at radius 1 is 1.04 bits per heavy atom. The maximum atomic E-state index is 12.6. The van der Waals surface area contributed by atoms with Crippen LogP contribution in [-0.4, -0.2) is 31.6 Å². The van der Waals surface area contributed by atoms with Crippen molar-refractivity contribution in [3.05, 3.63) is 65.7 Å². The largest absolute Gasteiger partial charge is 0.294 e. The highest BCUT2D eigenvalue weighted by molar-refractivity contribution is 7.89. The van der Waals surface area contributed by atoms with E-state index >= 15 is 0 Å². The number of hydrogen-bond acceptors (Lipinski definition) is 3. The number of nitrogens with zero attached hydrogens (tertiary/aromatic N) is 1. The van der Waals surface area contributed by atoms with Gasteiger partial charge in [0.15, 0.2) is 5.78 Å². The Morgan fingerprint density at radius 3 is 2.35 bits per heavy atom. The molecule has 1 unspecified atom stereocenters. The van der Waals surface area contributed by atoms with Gasteiger partial charge < -0.3 is 0 Å². The molecule has 1 saturated heterocycles. The Bertz CT molecular complexity index is 798. The standard InChI is InChI=1S/C18H19NO3S/c1-14-7-9-15(10-8-14)18(20)16-11-12-19(13-16)23(21,22)17-5-3-2-4-6-17/h2-10,16H,11-13H2,1H3. The number of rotatable bonds is 4. The highest BCUT2D eigenvalue weighted by atomic mass is 32.2. The number of aryl methyl sites for hydroxylation is 1. The maximum Gasteiger partial charge on any atom is 0.243 e. The highest BCUT2D eigenvalue weighted by Gasteiger charge is 2.35. The molecule has 3 rings (SSSR count). The summed E-state index contributed by atoms with van der Waals surface area (Å²) in [5, 5.41) is 0. The van der Waals surface area contributed by atoms with E-state index in [1.165, 1.54) is 4.31 Å². The van der Waals surface area contributed by atoms with Gasteiger partial charge in [-0.1, -0.05) is 48.0 Å². The first-order valence-electron chi connectivity index (χ1n) is 7.64. The first kappa shape index (κ1) is 15.9. The van der Waals surface area contributed by atoms with Crippen molar-refractivity contribution < 1.29 is 13.2 Å². The van der Waals surface area contributed by atoms with Crippen LogP contribution in [0.2, 0.25) is 0 Å². The van der Waals surface area contributed by atoms with Crippen LogP contribution in [0.3, 0.4) is 0 Å². The summed E-state index contributed by atoms with van der Waals surface area (Å²) in [6.45, 7) is 2.61. The average Bonchev–Trinajstić information content (AvgIpc) is 3.06. The zero-order chi connectivity index (χ0) is 16.4. The summed E-state index contributed by atoms with van der Waals surface area (Å²) in [6, 6.07) is 15.8. The molecule has 1 atom stereocenters. The predicted octanol–water partition coefficient (Wildman–Crippen LogP) is 2.89. The number of carbonyl (C=O) groups is 1. The van der Waals surface area contributed by atoms with Crippen LogP contribution in [-0.2, 0) is 10.0 Å². The first-order valence-corrected chi connectivity index (χ1v) is 9.08. The number of sulfonamides is 1. The van der Waals surface area contributed by atoms with Gasteiger partial charge in [0, 0.05) is 24.6 Å². The summed E-state index contributed by atoms with van der Waals surface area (Å²) in [6.07, 6.45) is 0.568. The van der Waals surface area contributed by atoms with Gasteiger partial charge in [0.2, 0.25) is 10.0 Å². The van der Waals surface area contributed by atoms with Gasteiger partial charge in [-0.25, -0.2) is 8.42 Å². The minimum Gasteiger partial charge on any atom is -0.294 e. The molecule has 2 aromatic rings. The Morgan fingerprint density at radius 2 is 1.70 bits per heavy atom. The lowest BCUT2D eigenvalue weighted by molar-refractivity contribution is 0.0927. The molecule has 1 aliphatic rings. The van der Waals surface area contributed by atoms with Gasteiger partial charge in [0.1, 0.15) is 0 Å². The van der Waals surface area contributed by atoms with E-state index in [0.29, 0.717) is 18.5 Å². The third-order valence-corrected chi connectivity index (χ3v) is 6.12. The Kier molecular flexibility index (Phi) is 4.33. The SMILES string of the molecule is Cc1ccc(C(=O)C2CCN(S(=O)(=O)c3ccccc3)C2)cc1. The molecule has 23 heavy (non-hydrogen) atoms. The molecule has 1 heterocycles. The van der Waals surface area contributed by atoms with Gasteiger partial charge in [0.25, 0.3) is 0 Å². The quantitative estimate of drug-likeness (QED) is 0.811. The number of ketones is 1. The molecule has 5 heteroatoms. The van der Waals surface area contributed by atoms with Crippen molar-refractivity contribution in [3.63, 3.8) is 0 Å². The van der Waals surface area contributed by atoms with Crippen LogP contribution in [0, 0.1) is 12.8 Å². The zero-order valence-corrected chi connectivity index (χ0v) is 13.8. The van der Waals surface area contributed by atoms with Crippen molar-refractivity contribution >= 4 is 15.8 Å². The van der Waals surface area contributed by atoms with Crippen LogP contribution in [0.1, 0.15) is 22.3 Å². The molecule has 0 radical (unpaired) electrons. The van der Waals surface area contributed by atoms with Crippen LogP contribution in [0.4, 0.5) is 0 Å². The third kappa shape index (κ3) is 3.21.